The molecule has 0 aliphatic carbocycles. The number of hydrazone groups is 1. The van der Waals surface area contributed by atoms with Crippen molar-refractivity contribution in [1.29, 1.82) is 0 Å². The molecule has 25 heavy (non-hydrogen) atoms. The fraction of sp³-hybridized carbons (Fsp3) is 0.263. The molecule has 0 atom stereocenters. The van der Waals surface area contributed by atoms with E-state index in [0.717, 1.165) is 17.7 Å². The summed E-state index contributed by atoms with van der Waals surface area (Å²) in [5, 5.41) is 6.28. The van der Waals surface area contributed by atoms with Crippen LogP contribution in [0.25, 0.3) is 0 Å². The lowest BCUT2D eigenvalue weighted by Crippen LogP contribution is -2.35. The fourth-order valence-corrected chi connectivity index (χ4v) is 3.02. The maximum absolute atomic E-state index is 13.9. The number of benzene rings is 2. The van der Waals surface area contributed by atoms with Gasteiger partial charge in [-0.3, -0.25) is 9.69 Å². The maximum atomic E-state index is 13.9. The van der Waals surface area contributed by atoms with Crippen molar-refractivity contribution in [3.63, 3.8) is 0 Å². The minimum absolute atomic E-state index is 0.110. The molecule has 2 aromatic rings. The zero-order valence-corrected chi connectivity index (χ0v) is 14.7. The van der Waals surface area contributed by atoms with E-state index in [-0.39, 0.29) is 24.8 Å². The molecule has 1 aliphatic rings. The molecule has 0 saturated carbocycles. The van der Waals surface area contributed by atoms with E-state index in [9.17, 15) is 9.18 Å². The summed E-state index contributed by atoms with van der Waals surface area (Å²) >= 11 is 6.04. The van der Waals surface area contributed by atoms with Crippen LogP contribution in [0.5, 0.6) is 0 Å². The van der Waals surface area contributed by atoms with Gasteiger partial charge in [0.2, 0.25) is 0 Å². The van der Waals surface area contributed by atoms with Gasteiger partial charge in [-0.1, -0.05) is 48.0 Å². The van der Waals surface area contributed by atoms with Crippen molar-refractivity contribution in [2.75, 3.05) is 20.1 Å². The van der Waals surface area contributed by atoms with E-state index in [1.165, 1.54) is 11.1 Å². The van der Waals surface area contributed by atoms with Gasteiger partial charge in [0, 0.05) is 23.6 Å². The number of amides is 1. The van der Waals surface area contributed by atoms with Crippen LogP contribution in [0.2, 0.25) is 5.02 Å². The molecule has 4 nitrogen and oxygen atoms in total. The topological polar surface area (TPSA) is 35.9 Å². The number of hydrogen-bond acceptors (Lipinski definition) is 3. The zero-order chi connectivity index (χ0) is 17.8. The Balaban J connectivity index is 1.62. The van der Waals surface area contributed by atoms with E-state index in [0.29, 0.717) is 17.1 Å². The third-order valence-electron chi connectivity index (χ3n) is 4.09. The summed E-state index contributed by atoms with van der Waals surface area (Å²) < 4.78 is 13.9. The molecule has 0 spiro atoms. The summed E-state index contributed by atoms with van der Waals surface area (Å²) in [5.74, 6) is -0.474. The van der Waals surface area contributed by atoms with E-state index in [2.05, 4.69) is 5.10 Å². The summed E-state index contributed by atoms with van der Waals surface area (Å²) in [6.45, 7) is 0.980. The number of rotatable bonds is 5. The third-order valence-corrected chi connectivity index (χ3v) is 4.45. The third kappa shape index (κ3) is 4.24. The van der Waals surface area contributed by atoms with E-state index < -0.39 is 0 Å². The number of nitrogens with zero attached hydrogens (tertiary/aromatic N) is 3. The van der Waals surface area contributed by atoms with Gasteiger partial charge in [-0.15, -0.1) is 0 Å². The van der Waals surface area contributed by atoms with Crippen molar-refractivity contribution in [3.8, 4) is 0 Å². The molecule has 3 rings (SSSR count). The van der Waals surface area contributed by atoms with Crippen LogP contribution in [0.4, 0.5) is 4.39 Å². The maximum Gasteiger partial charge on any atom is 0.256 e. The van der Waals surface area contributed by atoms with Gasteiger partial charge < -0.3 is 0 Å². The van der Waals surface area contributed by atoms with Gasteiger partial charge >= 0.3 is 0 Å². The van der Waals surface area contributed by atoms with Crippen LogP contribution < -0.4 is 0 Å². The van der Waals surface area contributed by atoms with Crippen molar-refractivity contribution >= 4 is 23.2 Å². The summed E-state index contributed by atoms with van der Waals surface area (Å²) in [7, 11) is 1.76. The predicted molar refractivity (Wildman–Crippen MR) is 97.1 cm³/mol. The van der Waals surface area contributed by atoms with Gasteiger partial charge in [-0.2, -0.15) is 5.10 Å². The second kappa shape index (κ2) is 7.76. The first kappa shape index (κ1) is 17.6. The molecule has 2 aromatic carbocycles. The van der Waals surface area contributed by atoms with Crippen molar-refractivity contribution in [1.82, 2.24) is 9.91 Å². The van der Waals surface area contributed by atoms with Gasteiger partial charge in [0.1, 0.15) is 5.82 Å². The Hall–Kier alpha value is -2.24. The highest BCUT2D eigenvalue weighted by atomic mass is 35.5. The Morgan fingerprint density at radius 1 is 1.24 bits per heavy atom. The second-order valence-electron chi connectivity index (χ2n) is 6.05. The highest BCUT2D eigenvalue weighted by Gasteiger charge is 2.22. The molecule has 130 valence electrons. The monoisotopic (exact) mass is 359 g/mol. The highest BCUT2D eigenvalue weighted by molar-refractivity contribution is 6.31. The average molecular weight is 360 g/mol. The Morgan fingerprint density at radius 3 is 2.72 bits per heavy atom. The van der Waals surface area contributed by atoms with Gasteiger partial charge in [0.05, 0.1) is 18.8 Å². The molecule has 0 saturated heterocycles. The Morgan fingerprint density at radius 2 is 2.00 bits per heavy atom. The minimum Gasteiger partial charge on any atom is -0.293 e. The van der Waals surface area contributed by atoms with Crippen molar-refractivity contribution < 1.29 is 9.18 Å². The Bertz CT molecular complexity index is 774. The molecular formula is C19H19ClFN3O. The van der Waals surface area contributed by atoms with Gasteiger partial charge in [-0.25, -0.2) is 9.40 Å². The molecule has 1 heterocycles. The minimum atomic E-state index is -0.364. The van der Waals surface area contributed by atoms with Gasteiger partial charge in [0.25, 0.3) is 5.91 Å². The van der Waals surface area contributed by atoms with Crippen molar-refractivity contribution in [2.24, 2.45) is 5.10 Å². The first-order valence-electron chi connectivity index (χ1n) is 8.09. The normalized spacial score (nSPS) is 14.1. The Labute approximate surface area is 151 Å². The zero-order valence-electron chi connectivity index (χ0n) is 14.0. The molecule has 0 fully saturated rings. The van der Waals surface area contributed by atoms with Crippen LogP contribution in [0.1, 0.15) is 17.5 Å². The van der Waals surface area contributed by atoms with E-state index in [4.69, 9.17) is 11.6 Å². The van der Waals surface area contributed by atoms with Gasteiger partial charge in [-0.05, 0) is 24.7 Å². The quantitative estimate of drug-likeness (QED) is 0.818. The standard InChI is InChI=1S/C19H19ClFN3O/c1-23(12-15-16(20)8-5-9-17(15)21)13-19(25)24-11-10-18(22-24)14-6-3-2-4-7-14/h2-9H,10-13H2,1H3. The van der Waals surface area contributed by atoms with Crippen molar-refractivity contribution in [3.05, 3.63) is 70.5 Å². The largest absolute Gasteiger partial charge is 0.293 e. The van der Waals surface area contributed by atoms with Crippen molar-refractivity contribution in [2.45, 2.75) is 13.0 Å². The summed E-state index contributed by atoms with van der Waals surface area (Å²) in [6, 6.07) is 14.4. The number of halogens is 2. The number of likely N-dealkylation sites (N-methyl/N-ethyl adjacent to an activating group) is 1. The van der Waals surface area contributed by atoms with Crippen LogP contribution in [0.3, 0.4) is 0 Å². The fourth-order valence-electron chi connectivity index (χ4n) is 2.79. The number of carbonyl (C=O) groups is 1. The number of carbonyl (C=O) groups excluding carboxylic acids is 1. The smallest absolute Gasteiger partial charge is 0.256 e. The molecule has 1 amide bonds. The van der Waals surface area contributed by atoms with E-state index in [1.54, 1.807) is 24.1 Å². The summed E-state index contributed by atoms with van der Waals surface area (Å²) in [5.41, 5.74) is 2.34. The van der Waals surface area contributed by atoms with Crippen LogP contribution >= 0.6 is 11.6 Å². The van der Waals surface area contributed by atoms with Crippen LogP contribution in [0, 0.1) is 5.82 Å². The van der Waals surface area contributed by atoms with E-state index >= 15 is 0 Å². The molecular weight excluding hydrogens is 341 g/mol. The lowest BCUT2D eigenvalue weighted by Gasteiger charge is -2.20. The summed E-state index contributed by atoms with van der Waals surface area (Å²) in [6.07, 6.45) is 0.735. The van der Waals surface area contributed by atoms with Crippen LogP contribution in [0.15, 0.2) is 53.6 Å². The molecule has 0 bridgehead atoms. The van der Waals surface area contributed by atoms with Gasteiger partial charge in [0.15, 0.2) is 0 Å². The molecule has 0 aromatic heterocycles. The second-order valence-corrected chi connectivity index (χ2v) is 6.46. The molecule has 0 N–H and O–H groups in total. The summed E-state index contributed by atoms with van der Waals surface area (Å²) in [4.78, 5) is 14.2. The number of hydrogen-bond donors (Lipinski definition) is 0. The molecule has 0 unspecified atom stereocenters. The highest BCUT2D eigenvalue weighted by Crippen LogP contribution is 2.20. The lowest BCUT2D eigenvalue weighted by molar-refractivity contribution is -0.131. The predicted octanol–water partition coefficient (Wildman–Crippen LogP) is 3.55. The molecule has 6 heteroatoms. The van der Waals surface area contributed by atoms with E-state index in [1.807, 2.05) is 30.3 Å². The Kier molecular flexibility index (Phi) is 5.46. The van der Waals surface area contributed by atoms with Crippen LogP contribution in [-0.4, -0.2) is 41.7 Å². The first-order valence-corrected chi connectivity index (χ1v) is 8.47. The molecule has 1 aliphatic heterocycles. The molecule has 0 radical (unpaired) electrons. The SMILES string of the molecule is CN(CC(=O)N1CCC(c2ccccc2)=N1)Cc1c(F)cccc1Cl. The van der Waals surface area contributed by atoms with Crippen LogP contribution in [-0.2, 0) is 11.3 Å². The average Bonchev–Trinajstić information content (AvgIpc) is 3.09. The first-order chi connectivity index (χ1) is 12.0. The lowest BCUT2D eigenvalue weighted by atomic mass is 10.1.